The molecule has 4 heteroatoms. The Balaban J connectivity index is 2.39. The second-order valence-electron chi connectivity index (χ2n) is 3.81. The van der Waals surface area contributed by atoms with Crippen molar-refractivity contribution in [2.24, 2.45) is 5.41 Å². The summed E-state index contributed by atoms with van der Waals surface area (Å²) in [5.74, 6) is -0.568. The van der Waals surface area contributed by atoms with Crippen LogP contribution in [0.1, 0.15) is 24.5 Å². The lowest BCUT2D eigenvalue weighted by Gasteiger charge is -2.16. The van der Waals surface area contributed by atoms with Crippen molar-refractivity contribution in [3.63, 3.8) is 0 Å². The molecule has 15 heavy (non-hydrogen) atoms. The number of nitriles is 1. The van der Waals surface area contributed by atoms with E-state index in [0.29, 0.717) is 18.4 Å². The van der Waals surface area contributed by atoms with E-state index in [1.54, 1.807) is 6.07 Å². The molecule has 1 atom stereocenters. The smallest absolute Gasteiger partial charge is 0.142 e. The van der Waals surface area contributed by atoms with Gasteiger partial charge in [-0.2, -0.15) is 5.26 Å². The predicted molar refractivity (Wildman–Crippen MR) is 53.6 cm³/mol. The molecule has 1 saturated carbocycles. The molecule has 0 saturated heterocycles. The molecule has 1 N–H and O–H groups in total. The lowest BCUT2D eigenvalue weighted by Crippen LogP contribution is -2.12. The van der Waals surface area contributed by atoms with Crippen LogP contribution < -0.4 is 0 Å². The van der Waals surface area contributed by atoms with Crippen molar-refractivity contribution < 1.29 is 9.50 Å². The average molecular weight is 226 g/mol. The Hall–Kier alpha value is -1.11. The highest BCUT2D eigenvalue weighted by Gasteiger charge is 2.50. The molecule has 0 bridgehead atoms. The molecular weight excluding hydrogens is 217 g/mol. The third-order valence-electron chi connectivity index (χ3n) is 2.81. The van der Waals surface area contributed by atoms with Crippen LogP contribution in [0.5, 0.6) is 0 Å². The van der Waals surface area contributed by atoms with Crippen LogP contribution in [0.3, 0.4) is 0 Å². The zero-order valence-electron chi connectivity index (χ0n) is 7.87. The van der Waals surface area contributed by atoms with Crippen LogP contribution in [0.4, 0.5) is 4.39 Å². The Bertz CT molecular complexity index is 437. The van der Waals surface area contributed by atoms with Gasteiger partial charge in [0.2, 0.25) is 0 Å². The minimum absolute atomic E-state index is 0.0912. The van der Waals surface area contributed by atoms with Crippen LogP contribution in [0, 0.1) is 22.6 Å². The number of hydrogen-bond acceptors (Lipinski definition) is 2. The van der Waals surface area contributed by atoms with Gasteiger partial charge in [0.15, 0.2) is 0 Å². The van der Waals surface area contributed by atoms with E-state index >= 15 is 0 Å². The molecular formula is C11H9ClFNO. The Kier molecular flexibility index (Phi) is 2.41. The minimum Gasteiger partial charge on any atom is -0.387 e. The molecule has 1 aromatic rings. The maximum absolute atomic E-state index is 13.1. The van der Waals surface area contributed by atoms with Gasteiger partial charge in [-0.25, -0.2) is 4.39 Å². The number of rotatable bonds is 2. The van der Waals surface area contributed by atoms with E-state index in [4.69, 9.17) is 16.9 Å². The first-order chi connectivity index (χ1) is 7.10. The van der Waals surface area contributed by atoms with Crippen molar-refractivity contribution in [2.45, 2.75) is 18.9 Å². The Morgan fingerprint density at radius 1 is 1.53 bits per heavy atom. The van der Waals surface area contributed by atoms with Gasteiger partial charge in [0, 0.05) is 5.56 Å². The molecule has 0 heterocycles. The molecule has 0 spiro atoms. The monoisotopic (exact) mass is 225 g/mol. The molecule has 0 amide bonds. The van der Waals surface area contributed by atoms with E-state index < -0.39 is 17.3 Å². The molecule has 1 aliphatic carbocycles. The van der Waals surface area contributed by atoms with Crippen LogP contribution >= 0.6 is 11.6 Å². The zero-order chi connectivity index (χ0) is 11.1. The van der Waals surface area contributed by atoms with Gasteiger partial charge in [-0.05, 0) is 18.9 Å². The maximum atomic E-state index is 13.1. The SMILES string of the molecule is N#CC1(C(O)c2cccc(F)c2Cl)CC1. The van der Waals surface area contributed by atoms with Crippen LogP contribution in [0.2, 0.25) is 5.02 Å². The summed E-state index contributed by atoms with van der Waals surface area (Å²) in [6, 6.07) is 6.32. The number of benzene rings is 1. The summed E-state index contributed by atoms with van der Waals surface area (Å²) < 4.78 is 13.1. The Morgan fingerprint density at radius 3 is 2.73 bits per heavy atom. The summed E-state index contributed by atoms with van der Waals surface area (Å²) >= 11 is 5.73. The van der Waals surface area contributed by atoms with Crippen molar-refractivity contribution in [2.75, 3.05) is 0 Å². The average Bonchev–Trinajstić information content (AvgIpc) is 3.02. The molecule has 0 aliphatic heterocycles. The van der Waals surface area contributed by atoms with E-state index in [2.05, 4.69) is 6.07 Å². The van der Waals surface area contributed by atoms with Gasteiger partial charge >= 0.3 is 0 Å². The van der Waals surface area contributed by atoms with Gasteiger partial charge in [-0.15, -0.1) is 0 Å². The molecule has 2 rings (SSSR count). The quantitative estimate of drug-likeness (QED) is 0.841. The van der Waals surface area contributed by atoms with Gasteiger partial charge in [-0.3, -0.25) is 0 Å². The zero-order valence-corrected chi connectivity index (χ0v) is 8.63. The van der Waals surface area contributed by atoms with E-state index in [1.165, 1.54) is 12.1 Å². The highest BCUT2D eigenvalue weighted by molar-refractivity contribution is 6.31. The van der Waals surface area contributed by atoms with E-state index in [9.17, 15) is 9.50 Å². The lowest BCUT2D eigenvalue weighted by molar-refractivity contribution is 0.122. The van der Waals surface area contributed by atoms with Crippen LogP contribution in [-0.4, -0.2) is 5.11 Å². The van der Waals surface area contributed by atoms with Crippen molar-refractivity contribution in [1.82, 2.24) is 0 Å². The second-order valence-corrected chi connectivity index (χ2v) is 4.19. The molecule has 78 valence electrons. The Labute approximate surface area is 91.9 Å². The lowest BCUT2D eigenvalue weighted by atomic mass is 9.94. The van der Waals surface area contributed by atoms with Gasteiger partial charge < -0.3 is 5.11 Å². The number of aliphatic hydroxyl groups excluding tert-OH is 1. The van der Waals surface area contributed by atoms with Gasteiger partial charge in [-0.1, -0.05) is 23.7 Å². The highest BCUT2D eigenvalue weighted by atomic mass is 35.5. The fraction of sp³-hybridized carbons (Fsp3) is 0.364. The van der Waals surface area contributed by atoms with Gasteiger partial charge in [0.25, 0.3) is 0 Å². The summed E-state index contributed by atoms with van der Waals surface area (Å²) in [5.41, 5.74) is -0.451. The first kappa shape index (κ1) is 10.4. The van der Waals surface area contributed by atoms with Crippen molar-refractivity contribution in [3.05, 3.63) is 34.6 Å². The normalized spacial score (nSPS) is 19.3. The van der Waals surface area contributed by atoms with Gasteiger partial charge in [0.05, 0.1) is 22.6 Å². The molecule has 1 aliphatic rings. The first-order valence-corrected chi connectivity index (χ1v) is 5.02. The summed E-state index contributed by atoms with van der Waals surface area (Å²) in [6.45, 7) is 0. The molecule has 1 fully saturated rings. The van der Waals surface area contributed by atoms with Crippen molar-refractivity contribution >= 4 is 11.6 Å². The third kappa shape index (κ3) is 1.60. The predicted octanol–water partition coefficient (Wildman–Crippen LogP) is 2.82. The molecule has 0 aromatic heterocycles. The van der Waals surface area contributed by atoms with Crippen molar-refractivity contribution in [1.29, 1.82) is 5.26 Å². The summed E-state index contributed by atoms with van der Waals surface area (Å²) in [6.07, 6.45) is 0.278. The largest absolute Gasteiger partial charge is 0.387 e. The number of aliphatic hydroxyl groups is 1. The summed E-state index contributed by atoms with van der Waals surface area (Å²) in [4.78, 5) is 0. The van der Waals surface area contributed by atoms with E-state index in [-0.39, 0.29) is 5.02 Å². The van der Waals surface area contributed by atoms with Crippen molar-refractivity contribution in [3.8, 4) is 6.07 Å². The standard InChI is InChI=1S/C11H9ClFNO/c12-9-7(2-1-3-8(9)13)10(15)11(6-14)4-5-11/h1-3,10,15H,4-5H2. The fourth-order valence-electron chi connectivity index (χ4n) is 1.61. The highest BCUT2D eigenvalue weighted by Crippen LogP contribution is 2.55. The number of hydrogen-bond donors (Lipinski definition) is 1. The minimum atomic E-state index is -0.995. The molecule has 0 radical (unpaired) electrons. The van der Waals surface area contributed by atoms with Crippen LogP contribution in [-0.2, 0) is 0 Å². The van der Waals surface area contributed by atoms with E-state index in [0.717, 1.165) is 0 Å². The molecule has 1 aromatic carbocycles. The Morgan fingerprint density at radius 2 is 2.20 bits per heavy atom. The third-order valence-corrected chi connectivity index (χ3v) is 3.21. The topological polar surface area (TPSA) is 44.0 Å². The van der Waals surface area contributed by atoms with Crippen LogP contribution in [0.15, 0.2) is 18.2 Å². The van der Waals surface area contributed by atoms with E-state index in [1.807, 2.05) is 0 Å². The second kappa shape index (κ2) is 3.48. The fourth-order valence-corrected chi connectivity index (χ4v) is 1.84. The number of nitrogens with zero attached hydrogens (tertiary/aromatic N) is 1. The molecule has 1 unspecified atom stereocenters. The first-order valence-electron chi connectivity index (χ1n) is 4.64. The molecule has 2 nitrogen and oxygen atoms in total. The van der Waals surface area contributed by atoms with Crippen LogP contribution in [0.25, 0.3) is 0 Å². The maximum Gasteiger partial charge on any atom is 0.142 e. The van der Waals surface area contributed by atoms with Gasteiger partial charge in [0.1, 0.15) is 5.82 Å². The summed E-state index contributed by atoms with van der Waals surface area (Å²) in [5, 5.41) is 18.8. The number of halogens is 2. The summed E-state index contributed by atoms with van der Waals surface area (Å²) in [7, 11) is 0.